The Morgan fingerprint density at radius 1 is 1.16 bits per heavy atom. The van der Waals surface area contributed by atoms with Crippen LogP contribution in [-0.2, 0) is 22.1 Å². The molecule has 5 heteroatoms. The third-order valence-electron chi connectivity index (χ3n) is 2.75. The number of hydrogen-bond donors (Lipinski definition) is 1. The standard InChI is InChI=1S/C14H17NO3S/c1-11-4-3-5-14(8-11)19(16,17)10-13-7-6-12(18-13)9-15-2/h3-8,15H,9-10H2,1-2H3. The molecule has 1 heterocycles. The van der Waals surface area contributed by atoms with Crippen LogP contribution in [0, 0.1) is 6.92 Å². The van der Waals surface area contributed by atoms with E-state index in [4.69, 9.17) is 4.42 Å². The van der Waals surface area contributed by atoms with Crippen molar-refractivity contribution in [1.82, 2.24) is 5.32 Å². The van der Waals surface area contributed by atoms with Crippen molar-refractivity contribution < 1.29 is 12.8 Å². The van der Waals surface area contributed by atoms with Gasteiger partial charge in [-0.05, 0) is 43.8 Å². The van der Waals surface area contributed by atoms with Crippen molar-refractivity contribution >= 4 is 9.84 Å². The van der Waals surface area contributed by atoms with Gasteiger partial charge in [0.25, 0.3) is 0 Å². The van der Waals surface area contributed by atoms with Gasteiger partial charge in [-0.25, -0.2) is 8.42 Å². The zero-order chi connectivity index (χ0) is 13.9. The van der Waals surface area contributed by atoms with Crippen molar-refractivity contribution in [1.29, 1.82) is 0 Å². The van der Waals surface area contributed by atoms with Gasteiger partial charge in [0.05, 0.1) is 11.4 Å². The Bertz CT molecular complexity index is 659. The highest BCUT2D eigenvalue weighted by Crippen LogP contribution is 2.19. The summed E-state index contributed by atoms with van der Waals surface area (Å²) < 4.78 is 30.0. The van der Waals surface area contributed by atoms with E-state index in [1.807, 2.05) is 20.0 Å². The summed E-state index contributed by atoms with van der Waals surface area (Å²) in [6.45, 7) is 2.46. The first-order valence-corrected chi connectivity index (χ1v) is 7.68. The third kappa shape index (κ3) is 3.45. The molecular formula is C14H17NO3S. The topological polar surface area (TPSA) is 59.3 Å². The molecule has 0 atom stereocenters. The molecule has 0 radical (unpaired) electrons. The fourth-order valence-electron chi connectivity index (χ4n) is 1.85. The molecule has 1 aromatic carbocycles. The molecule has 1 N–H and O–H groups in total. The smallest absolute Gasteiger partial charge is 0.185 e. The summed E-state index contributed by atoms with van der Waals surface area (Å²) in [5, 5.41) is 2.96. The highest BCUT2D eigenvalue weighted by Gasteiger charge is 2.17. The molecule has 2 aromatic rings. The number of hydrogen-bond acceptors (Lipinski definition) is 4. The Labute approximate surface area is 113 Å². The summed E-state index contributed by atoms with van der Waals surface area (Å²) in [4.78, 5) is 0.332. The first-order valence-electron chi connectivity index (χ1n) is 6.03. The fraction of sp³-hybridized carbons (Fsp3) is 0.286. The van der Waals surface area contributed by atoms with Crippen LogP contribution in [0.4, 0.5) is 0 Å². The summed E-state index contributed by atoms with van der Waals surface area (Å²) in [7, 11) is -1.54. The molecule has 0 saturated carbocycles. The van der Waals surface area contributed by atoms with Crippen LogP contribution in [0.3, 0.4) is 0 Å². The number of sulfone groups is 1. The van der Waals surface area contributed by atoms with Crippen LogP contribution in [0.25, 0.3) is 0 Å². The second-order valence-electron chi connectivity index (χ2n) is 4.47. The van der Waals surface area contributed by atoms with E-state index >= 15 is 0 Å². The summed E-state index contributed by atoms with van der Waals surface area (Å²) in [6, 6.07) is 10.4. The minimum absolute atomic E-state index is 0.111. The largest absolute Gasteiger partial charge is 0.464 e. The van der Waals surface area contributed by atoms with Crippen molar-refractivity contribution in [3.8, 4) is 0 Å². The molecular weight excluding hydrogens is 262 g/mol. The third-order valence-corrected chi connectivity index (χ3v) is 4.39. The Kier molecular flexibility index (Phi) is 4.07. The van der Waals surface area contributed by atoms with Crippen LogP contribution < -0.4 is 5.32 Å². The monoisotopic (exact) mass is 279 g/mol. The zero-order valence-corrected chi connectivity index (χ0v) is 11.8. The lowest BCUT2D eigenvalue weighted by molar-refractivity contribution is 0.465. The number of furan rings is 1. The summed E-state index contributed by atoms with van der Waals surface area (Å²) in [6.07, 6.45) is 0. The molecule has 102 valence electrons. The first kappa shape index (κ1) is 13.8. The van der Waals surface area contributed by atoms with E-state index in [-0.39, 0.29) is 5.75 Å². The molecule has 0 saturated heterocycles. The molecule has 0 aliphatic heterocycles. The molecule has 0 aliphatic rings. The molecule has 19 heavy (non-hydrogen) atoms. The number of benzene rings is 1. The first-order chi connectivity index (χ1) is 9.01. The van der Waals surface area contributed by atoms with Crippen molar-refractivity contribution in [2.75, 3.05) is 7.05 Å². The lowest BCUT2D eigenvalue weighted by Crippen LogP contribution is -2.05. The predicted molar refractivity (Wildman–Crippen MR) is 73.5 cm³/mol. The van der Waals surface area contributed by atoms with Crippen LogP contribution >= 0.6 is 0 Å². The van der Waals surface area contributed by atoms with E-state index in [9.17, 15) is 8.42 Å². The van der Waals surface area contributed by atoms with Crippen LogP contribution in [0.1, 0.15) is 17.1 Å². The van der Waals surface area contributed by atoms with Gasteiger partial charge in [0, 0.05) is 0 Å². The van der Waals surface area contributed by atoms with E-state index in [0.29, 0.717) is 17.2 Å². The van der Waals surface area contributed by atoms with E-state index in [1.165, 1.54) is 0 Å². The van der Waals surface area contributed by atoms with Crippen molar-refractivity contribution in [3.63, 3.8) is 0 Å². The summed E-state index contributed by atoms with van der Waals surface area (Å²) in [5.41, 5.74) is 0.927. The van der Waals surface area contributed by atoms with Gasteiger partial charge in [0.2, 0.25) is 0 Å². The maximum absolute atomic E-state index is 12.2. The van der Waals surface area contributed by atoms with Crippen molar-refractivity contribution in [2.24, 2.45) is 0 Å². The van der Waals surface area contributed by atoms with E-state index in [0.717, 1.165) is 11.3 Å². The van der Waals surface area contributed by atoms with E-state index < -0.39 is 9.84 Å². The molecule has 0 unspecified atom stereocenters. The van der Waals surface area contributed by atoms with Gasteiger partial charge in [0.15, 0.2) is 9.84 Å². The van der Waals surface area contributed by atoms with Gasteiger partial charge in [-0.15, -0.1) is 0 Å². The van der Waals surface area contributed by atoms with Crippen LogP contribution in [0.15, 0.2) is 45.7 Å². The van der Waals surface area contributed by atoms with Crippen molar-refractivity contribution in [2.45, 2.75) is 24.1 Å². The average Bonchev–Trinajstić information content (AvgIpc) is 2.76. The zero-order valence-electron chi connectivity index (χ0n) is 11.0. The summed E-state index contributed by atoms with van der Waals surface area (Å²) >= 11 is 0. The molecule has 0 amide bonds. The Morgan fingerprint density at radius 3 is 2.58 bits per heavy atom. The Balaban J connectivity index is 2.21. The van der Waals surface area contributed by atoms with Gasteiger partial charge < -0.3 is 9.73 Å². The normalized spacial score (nSPS) is 11.7. The van der Waals surface area contributed by atoms with Crippen molar-refractivity contribution in [3.05, 3.63) is 53.5 Å². The van der Waals surface area contributed by atoms with Crippen LogP contribution in [-0.4, -0.2) is 15.5 Å². The van der Waals surface area contributed by atoms with E-state index in [1.54, 1.807) is 30.3 Å². The number of aryl methyl sites for hydroxylation is 1. The number of nitrogens with one attached hydrogen (secondary N) is 1. The molecule has 0 aliphatic carbocycles. The number of rotatable bonds is 5. The minimum atomic E-state index is -3.35. The SMILES string of the molecule is CNCc1ccc(CS(=O)(=O)c2cccc(C)c2)o1. The maximum atomic E-state index is 12.2. The van der Waals surface area contributed by atoms with Gasteiger partial charge in [-0.2, -0.15) is 0 Å². The average molecular weight is 279 g/mol. The molecule has 0 bridgehead atoms. The molecule has 1 aromatic heterocycles. The van der Waals surface area contributed by atoms with Gasteiger partial charge in [-0.3, -0.25) is 0 Å². The Hall–Kier alpha value is -1.59. The second kappa shape index (κ2) is 5.59. The quantitative estimate of drug-likeness (QED) is 0.912. The predicted octanol–water partition coefficient (Wildman–Crippen LogP) is 2.28. The molecule has 4 nitrogen and oxygen atoms in total. The summed E-state index contributed by atoms with van der Waals surface area (Å²) in [5.74, 6) is 1.09. The fourth-order valence-corrected chi connectivity index (χ4v) is 3.20. The molecule has 0 fully saturated rings. The molecule has 0 spiro atoms. The highest BCUT2D eigenvalue weighted by atomic mass is 32.2. The van der Waals surface area contributed by atoms with Crippen LogP contribution in [0.2, 0.25) is 0 Å². The lowest BCUT2D eigenvalue weighted by atomic mass is 10.2. The Morgan fingerprint density at radius 2 is 1.89 bits per heavy atom. The highest BCUT2D eigenvalue weighted by molar-refractivity contribution is 7.90. The van der Waals surface area contributed by atoms with Gasteiger partial charge >= 0.3 is 0 Å². The minimum Gasteiger partial charge on any atom is -0.464 e. The van der Waals surface area contributed by atoms with Gasteiger partial charge in [0.1, 0.15) is 17.3 Å². The van der Waals surface area contributed by atoms with Gasteiger partial charge in [-0.1, -0.05) is 12.1 Å². The lowest BCUT2D eigenvalue weighted by Gasteiger charge is -2.03. The van der Waals surface area contributed by atoms with E-state index in [2.05, 4.69) is 5.32 Å². The molecule has 2 rings (SSSR count). The second-order valence-corrected chi connectivity index (χ2v) is 6.46. The van der Waals surface area contributed by atoms with Crippen LogP contribution in [0.5, 0.6) is 0 Å². The maximum Gasteiger partial charge on any atom is 0.185 e.